The first-order valence-electron chi connectivity index (χ1n) is 5.01. The molecule has 0 amide bonds. The van der Waals surface area contributed by atoms with Crippen molar-refractivity contribution in [1.29, 1.82) is 0 Å². The van der Waals surface area contributed by atoms with E-state index in [0.29, 0.717) is 17.3 Å². The van der Waals surface area contributed by atoms with Gasteiger partial charge in [0.2, 0.25) is 5.95 Å². The zero-order chi connectivity index (χ0) is 10.6. The Labute approximate surface area is 86.0 Å². The van der Waals surface area contributed by atoms with Crippen LogP contribution in [0.4, 0.5) is 5.95 Å². The Balaban J connectivity index is 2.42. The Kier molecular flexibility index (Phi) is 3.44. The van der Waals surface area contributed by atoms with Crippen molar-refractivity contribution >= 4 is 5.95 Å². The predicted molar refractivity (Wildman–Crippen MR) is 59.1 cm³/mol. The summed E-state index contributed by atoms with van der Waals surface area (Å²) >= 11 is 0. The molecule has 1 N–H and O–H groups in total. The fourth-order valence-electron chi connectivity index (χ4n) is 0.941. The summed E-state index contributed by atoms with van der Waals surface area (Å²) in [5.74, 6) is 1.30. The average Bonchev–Trinajstić information content (AvgIpc) is 2.14. The number of anilines is 1. The number of aromatic nitrogens is 2. The summed E-state index contributed by atoms with van der Waals surface area (Å²) in [6.07, 6.45) is 3.49. The molecule has 0 aliphatic rings. The van der Waals surface area contributed by atoms with Crippen molar-refractivity contribution in [2.45, 2.75) is 27.7 Å². The maximum atomic E-state index is 4.11. The maximum Gasteiger partial charge on any atom is 0.222 e. The third kappa shape index (κ3) is 3.32. The van der Waals surface area contributed by atoms with Crippen LogP contribution in [0.15, 0.2) is 18.5 Å². The van der Waals surface area contributed by atoms with E-state index >= 15 is 0 Å². The molecule has 0 aliphatic heterocycles. The first kappa shape index (κ1) is 11.0. The third-order valence-corrected chi connectivity index (χ3v) is 2.61. The zero-order valence-electron chi connectivity index (χ0n) is 9.41. The second-order valence-corrected chi connectivity index (χ2v) is 4.72. The number of nitrogens with one attached hydrogen (secondary N) is 1. The Morgan fingerprint density at radius 1 is 1.29 bits per heavy atom. The van der Waals surface area contributed by atoms with Gasteiger partial charge in [0.1, 0.15) is 0 Å². The molecule has 0 spiro atoms. The van der Waals surface area contributed by atoms with E-state index in [9.17, 15) is 0 Å². The molecule has 0 bridgehead atoms. The molecule has 0 radical (unpaired) electrons. The van der Waals surface area contributed by atoms with Gasteiger partial charge < -0.3 is 5.32 Å². The van der Waals surface area contributed by atoms with Crippen LogP contribution in [0.2, 0.25) is 0 Å². The predicted octanol–water partition coefficient (Wildman–Crippen LogP) is 2.57. The molecule has 0 saturated carbocycles. The van der Waals surface area contributed by atoms with Crippen molar-refractivity contribution in [2.24, 2.45) is 11.3 Å². The summed E-state index contributed by atoms with van der Waals surface area (Å²) in [5, 5.41) is 3.23. The van der Waals surface area contributed by atoms with Gasteiger partial charge in [-0.25, -0.2) is 9.97 Å². The van der Waals surface area contributed by atoms with Gasteiger partial charge in [0, 0.05) is 18.9 Å². The molecule has 3 nitrogen and oxygen atoms in total. The van der Waals surface area contributed by atoms with Crippen LogP contribution in [0.25, 0.3) is 0 Å². The highest BCUT2D eigenvalue weighted by Crippen LogP contribution is 2.24. The highest BCUT2D eigenvalue weighted by molar-refractivity contribution is 5.21. The average molecular weight is 193 g/mol. The maximum absolute atomic E-state index is 4.11. The molecular weight excluding hydrogens is 174 g/mol. The molecule has 0 saturated heterocycles. The van der Waals surface area contributed by atoms with Crippen LogP contribution in [0.5, 0.6) is 0 Å². The fourth-order valence-corrected chi connectivity index (χ4v) is 0.941. The topological polar surface area (TPSA) is 37.8 Å². The van der Waals surface area contributed by atoms with Crippen LogP contribution in [-0.2, 0) is 0 Å². The lowest BCUT2D eigenvalue weighted by Crippen LogP contribution is -2.25. The van der Waals surface area contributed by atoms with Gasteiger partial charge in [-0.15, -0.1) is 0 Å². The number of hydrogen-bond acceptors (Lipinski definition) is 3. The van der Waals surface area contributed by atoms with E-state index in [1.807, 2.05) is 6.07 Å². The van der Waals surface area contributed by atoms with Gasteiger partial charge in [-0.3, -0.25) is 0 Å². The number of hydrogen-bond donors (Lipinski definition) is 1. The van der Waals surface area contributed by atoms with Gasteiger partial charge in [-0.1, -0.05) is 27.7 Å². The summed E-state index contributed by atoms with van der Waals surface area (Å²) in [6, 6.07) is 1.82. The van der Waals surface area contributed by atoms with Gasteiger partial charge in [0.25, 0.3) is 0 Å². The van der Waals surface area contributed by atoms with Crippen molar-refractivity contribution in [3.8, 4) is 0 Å². The van der Waals surface area contributed by atoms with Crippen LogP contribution in [-0.4, -0.2) is 16.5 Å². The minimum absolute atomic E-state index is 0.321. The summed E-state index contributed by atoms with van der Waals surface area (Å²) in [5.41, 5.74) is 0.321. The Morgan fingerprint density at radius 3 is 2.36 bits per heavy atom. The molecular formula is C11H19N3. The molecule has 0 aliphatic carbocycles. The van der Waals surface area contributed by atoms with E-state index in [-0.39, 0.29) is 0 Å². The quantitative estimate of drug-likeness (QED) is 0.801. The SMILES string of the molecule is CC(CNc1ncccn1)C(C)(C)C. The third-order valence-electron chi connectivity index (χ3n) is 2.61. The standard InChI is InChI=1S/C11H19N3/c1-9(11(2,3)4)8-14-10-12-6-5-7-13-10/h5-7,9H,8H2,1-4H3,(H,12,13,14). The summed E-state index contributed by atoms with van der Waals surface area (Å²) in [6.45, 7) is 9.87. The molecule has 3 heteroatoms. The monoisotopic (exact) mass is 193 g/mol. The summed E-state index contributed by atoms with van der Waals surface area (Å²) < 4.78 is 0. The molecule has 14 heavy (non-hydrogen) atoms. The smallest absolute Gasteiger partial charge is 0.222 e. The molecule has 1 aromatic heterocycles. The van der Waals surface area contributed by atoms with Gasteiger partial charge in [0.05, 0.1) is 0 Å². The second-order valence-electron chi connectivity index (χ2n) is 4.72. The molecule has 0 fully saturated rings. The van der Waals surface area contributed by atoms with Crippen molar-refractivity contribution in [1.82, 2.24) is 9.97 Å². The van der Waals surface area contributed by atoms with Gasteiger partial charge in [0.15, 0.2) is 0 Å². The van der Waals surface area contributed by atoms with Crippen LogP contribution in [0.3, 0.4) is 0 Å². The van der Waals surface area contributed by atoms with Crippen LogP contribution >= 0.6 is 0 Å². The molecule has 1 aromatic rings. The lowest BCUT2D eigenvalue weighted by atomic mass is 9.82. The van der Waals surface area contributed by atoms with Gasteiger partial charge in [-0.2, -0.15) is 0 Å². The second kappa shape index (κ2) is 4.40. The summed E-state index contributed by atoms with van der Waals surface area (Å²) in [7, 11) is 0. The first-order chi connectivity index (χ1) is 6.50. The fraction of sp³-hybridized carbons (Fsp3) is 0.636. The summed E-state index contributed by atoms with van der Waals surface area (Å²) in [4.78, 5) is 8.22. The van der Waals surface area contributed by atoms with E-state index in [1.165, 1.54) is 0 Å². The first-order valence-corrected chi connectivity index (χ1v) is 5.01. The molecule has 1 heterocycles. The number of nitrogens with zero attached hydrogens (tertiary/aromatic N) is 2. The Bertz CT molecular complexity index is 264. The van der Waals surface area contributed by atoms with Crippen molar-refractivity contribution in [3.05, 3.63) is 18.5 Å². The van der Waals surface area contributed by atoms with Crippen LogP contribution in [0.1, 0.15) is 27.7 Å². The van der Waals surface area contributed by atoms with Crippen molar-refractivity contribution in [2.75, 3.05) is 11.9 Å². The zero-order valence-corrected chi connectivity index (χ0v) is 9.41. The van der Waals surface area contributed by atoms with Gasteiger partial charge >= 0.3 is 0 Å². The largest absolute Gasteiger partial charge is 0.354 e. The highest BCUT2D eigenvalue weighted by atomic mass is 15.1. The molecule has 1 rings (SSSR count). The Morgan fingerprint density at radius 2 is 1.86 bits per heavy atom. The van der Waals surface area contributed by atoms with E-state index in [2.05, 4.69) is 43.0 Å². The Hall–Kier alpha value is -1.12. The normalized spacial score (nSPS) is 13.7. The molecule has 1 unspecified atom stereocenters. The lowest BCUT2D eigenvalue weighted by Gasteiger charge is -2.27. The van der Waals surface area contributed by atoms with Crippen LogP contribution < -0.4 is 5.32 Å². The number of rotatable bonds is 3. The van der Waals surface area contributed by atoms with E-state index in [1.54, 1.807) is 12.4 Å². The van der Waals surface area contributed by atoms with E-state index in [0.717, 1.165) is 6.54 Å². The molecule has 1 atom stereocenters. The van der Waals surface area contributed by atoms with Crippen LogP contribution in [0, 0.1) is 11.3 Å². The molecule has 0 aromatic carbocycles. The molecule has 78 valence electrons. The van der Waals surface area contributed by atoms with Gasteiger partial charge in [-0.05, 0) is 17.4 Å². The minimum atomic E-state index is 0.321. The highest BCUT2D eigenvalue weighted by Gasteiger charge is 2.19. The lowest BCUT2D eigenvalue weighted by molar-refractivity contribution is 0.274. The minimum Gasteiger partial charge on any atom is -0.354 e. The van der Waals surface area contributed by atoms with Crippen molar-refractivity contribution in [3.63, 3.8) is 0 Å². The van der Waals surface area contributed by atoms with E-state index in [4.69, 9.17) is 0 Å². The van der Waals surface area contributed by atoms with Crippen molar-refractivity contribution < 1.29 is 0 Å². The van der Waals surface area contributed by atoms with E-state index < -0.39 is 0 Å².